The molecule has 0 aliphatic carbocycles. The zero-order valence-corrected chi connectivity index (χ0v) is 9.80. The Morgan fingerprint density at radius 3 is 2.29 bits per heavy atom. The molecule has 0 aliphatic rings. The first-order valence-electron chi connectivity index (χ1n) is 5.70. The fourth-order valence-corrected chi connectivity index (χ4v) is 2.06. The fourth-order valence-electron chi connectivity index (χ4n) is 2.06. The Morgan fingerprint density at radius 2 is 1.71 bits per heavy atom. The number of benzene rings is 2. The molecule has 0 bridgehead atoms. The predicted octanol–water partition coefficient (Wildman–Crippen LogP) is 2.90. The van der Waals surface area contributed by atoms with Crippen LogP contribution >= 0.6 is 0 Å². The molecule has 0 spiro atoms. The highest BCUT2D eigenvalue weighted by molar-refractivity contribution is 5.71. The van der Waals surface area contributed by atoms with Crippen LogP contribution in [0.1, 0.15) is 24.2 Å². The molecule has 1 atom stereocenters. The maximum Gasteiger partial charge on any atom is 0.0768 e. The molecular weight excluding hydrogens is 212 g/mol. The van der Waals surface area contributed by atoms with E-state index in [9.17, 15) is 10.2 Å². The summed E-state index contributed by atoms with van der Waals surface area (Å²) in [6, 6.07) is 15.5. The maximum atomic E-state index is 9.80. The van der Waals surface area contributed by atoms with Gasteiger partial charge in [0.25, 0.3) is 0 Å². The summed E-state index contributed by atoms with van der Waals surface area (Å²) in [7, 11) is 0. The van der Waals surface area contributed by atoms with Crippen molar-refractivity contribution in [2.24, 2.45) is 0 Å². The molecule has 0 saturated heterocycles. The molecule has 0 fully saturated rings. The Bertz CT molecular complexity index is 490. The van der Waals surface area contributed by atoms with Crippen LogP contribution in [0.3, 0.4) is 0 Å². The highest BCUT2D eigenvalue weighted by Gasteiger charge is 2.13. The molecule has 0 amide bonds. The van der Waals surface area contributed by atoms with Gasteiger partial charge >= 0.3 is 0 Å². The van der Waals surface area contributed by atoms with E-state index in [1.165, 1.54) is 0 Å². The van der Waals surface area contributed by atoms with E-state index in [1.807, 2.05) is 48.5 Å². The quantitative estimate of drug-likeness (QED) is 0.848. The maximum absolute atomic E-state index is 9.80. The highest BCUT2D eigenvalue weighted by atomic mass is 16.3. The Labute approximate surface area is 101 Å². The van der Waals surface area contributed by atoms with Gasteiger partial charge in [0.2, 0.25) is 0 Å². The van der Waals surface area contributed by atoms with Crippen LogP contribution in [0.25, 0.3) is 11.1 Å². The number of aliphatic hydroxyl groups excluding tert-OH is 2. The van der Waals surface area contributed by atoms with Crippen molar-refractivity contribution in [2.75, 3.05) is 0 Å². The molecule has 2 aromatic rings. The van der Waals surface area contributed by atoms with Crippen molar-refractivity contribution in [3.05, 3.63) is 59.7 Å². The van der Waals surface area contributed by atoms with Crippen LogP contribution in [0.5, 0.6) is 0 Å². The van der Waals surface area contributed by atoms with E-state index in [-0.39, 0.29) is 6.61 Å². The van der Waals surface area contributed by atoms with E-state index >= 15 is 0 Å². The molecule has 0 saturated carbocycles. The highest BCUT2D eigenvalue weighted by Crippen LogP contribution is 2.31. The minimum absolute atomic E-state index is 0.0230. The molecule has 0 heterocycles. The third kappa shape index (κ3) is 2.38. The lowest BCUT2D eigenvalue weighted by molar-refractivity contribution is 0.199. The number of hydrogen-bond donors (Lipinski definition) is 2. The molecular formula is C15H16O2. The van der Waals surface area contributed by atoms with Crippen LogP contribution in [-0.4, -0.2) is 10.2 Å². The van der Waals surface area contributed by atoms with Gasteiger partial charge < -0.3 is 10.2 Å². The smallest absolute Gasteiger partial charge is 0.0768 e. The van der Waals surface area contributed by atoms with Crippen molar-refractivity contribution >= 4 is 0 Å². The molecule has 0 aromatic heterocycles. The van der Waals surface area contributed by atoms with Crippen LogP contribution in [-0.2, 0) is 6.61 Å². The summed E-state index contributed by atoms with van der Waals surface area (Å²) in [5.74, 6) is 0. The summed E-state index contributed by atoms with van der Waals surface area (Å²) in [5.41, 5.74) is 3.65. The van der Waals surface area contributed by atoms with Crippen LogP contribution in [0, 0.1) is 0 Å². The lowest BCUT2D eigenvalue weighted by Gasteiger charge is -2.15. The van der Waals surface area contributed by atoms with Gasteiger partial charge in [-0.2, -0.15) is 0 Å². The third-order valence-electron chi connectivity index (χ3n) is 2.87. The first-order valence-corrected chi connectivity index (χ1v) is 5.70. The van der Waals surface area contributed by atoms with Gasteiger partial charge in [-0.15, -0.1) is 0 Å². The fraction of sp³-hybridized carbons (Fsp3) is 0.200. The van der Waals surface area contributed by atoms with Gasteiger partial charge in [0.1, 0.15) is 0 Å². The van der Waals surface area contributed by atoms with E-state index < -0.39 is 6.10 Å². The second kappa shape index (κ2) is 5.13. The first kappa shape index (κ1) is 11.8. The Morgan fingerprint density at radius 1 is 1.00 bits per heavy atom. The molecule has 2 N–H and O–H groups in total. The molecule has 2 heteroatoms. The van der Waals surface area contributed by atoms with Crippen molar-refractivity contribution in [2.45, 2.75) is 19.6 Å². The van der Waals surface area contributed by atoms with Crippen molar-refractivity contribution in [1.82, 2.24) is 0 Å². The van der Waals surface area contributed by atoms with Crippen LogP contribution < -0.4 is 0 Å². The van der Waals surface area contributed by atoms with E-state index in [0.717, 1.165) is 22.3 Å². The van der Waals surface area contributed by atoms with E-state index in [2.05, 4.69) is 0 Å². The van der Waals surface area contributed by atoms with Crippen LogP contribution in [0.2, 0.25) is 0 Å². The zero-order chi connectivity index (χ0) is 12.3. The van der Waals surface area contributed by atoms with Crippen molar-refractivity contribution < 1.29 is 10.2 Å². The third-order valence-corrected chi connectivity index (χ3v) is 2.87. The van der Waals surface area contributed by atoms with Crippen LogP contribution in [0.15, 0.2) is 48.5 Å². The molecule has 17 heavy (non-hydrogen) atoms. The molecule has 2 rings (SSSR count). The topological polar surface area (TPSA) is 40.5 Å². The van der Waals surface area contributed by atoms with E-state index in [4.69, 9.17) is 0 Å². The Kier molecular flexibility index (Phi) is 3.57. The molecule has 0 radical (unpaired) electrons. The average molecular weight is 228 g/mol. The monoisotopic (exact) mass is 228 g/mol. The summed E-state index contributed by atoms with van der Waals surface area (Å²) in [6.45, 7) is 1.72. The lowest BCUT2D eigenvalue weighted by Crippen LogP contribution is -1.99. The minimum atomic E-state index is -0.545. The van der Waals surface area contributed by atoms with Gasteiger partial charge in [-0.3, -0.25) is 0 Å². The molecule has 2 nitrogen and oxygen atoms in total. The summed E-state index contributed by atoms with van der Waals surface area (Å²) < 4.78 is 0. The van der Waals surface area contributed by atoms with Gasteiger partial charge in [0.15, 0.2) is 0 Å². The number of rotatable bonds is 3. The molecule has 2 aromatic carbocycles. The predicted molar refractivity (Wildman–Crippen MR) is 68.4 cm³/mol. The number of aliphatic hydroxyl groups is 2. The van der Waals surface area contributed by atoms with Crippen molar-refractivity contribution in [3.63, 3.8) is 0 Å². The Balaban J connectivity index is 2.65. The SMILES string of the molecule is CC(O)c1cccc(CO)c1-c1ccccc1. The second-order valence-electron chi connectivity index (χ2n) is 4.08. The van der Waals surface area contributed by atoms with Gasteiger partial charge in [-0.1, -0.05) is 48.5 Å². The molecule has 88 valence electrons. The molecule has 1 unspecified atom stereocenters. The lowest BCUT2D eigenvalue weighted by atomic mass is 9.92. The zero-order valence-electron chi connectivity index (χ0n) is 9.80. The second-order valence-corrected chi connectivity index (χ2v) is 4.08. The minimum Gasteiger partial charge on any atom is -0.392 e. The summed E-state index contributed by atoms with van der Waals surface area (Å²) >= 11 is 0. The first-order chi connectivity index (χ1) is 8.24. The number of hydrogen-bond acceptors (Lipinski definition) is 2. The molecule has 0 aliphatic heterocycles. The summed E-state index contributed by atoms with van der Waals surface area (Å²) in [6.07, 6.45) is -0.545. The van der Waals surface area contributed by atoms with E-state index in [0.29, 0.717) is 0 Å². The van der Waals surface area contributed by atoms with Crippen LogP contribution in [0.4, 0.5) is 0 Å². The van der Waals surface area contributed by atoms with Crippen molar-refractivity contribution in [3.8, 4) is 11.1 Å². The average Bonchev–Trinajstić information content (AvgIpc) is 2.38. The van der Waals surface area contributed by atoms with Crippen molar-refractivity contribution in [1.29, 1.82) is 0 Å². The van der Waals surface area contributed by atoms with Gasteiger partial charge in [-0.25, -0.2) is 0 Å². The van der Waals surface area contributed by atoms with Gasteiger partial charge in [0, 0.05) is 0 Å². The normalized spacial score (nSPS) is 12.4. The van der Waals surface area contributed by atoms with Gasteiger partial charge in [0.05, 0.1) is 12.7 Å². The van der Waals surface area contributed by atoms with E-state index in [1.54, 1.807) is 6.92 Å². The Hall–Kier alpha value is -1.64. The summed E-state index contributed by atoms with van der Waals surface area (Å²) in [5, 5.41) is 19.2. The van der Waals surface area contributed by atoms with Gasteiger partial charge in [-0.05, 0) is 29.2 Å². The standard InChI is InChI=1S/C15H16O2/c1-11(17)14-9-5-8-13(10-16)15(14)12-6-3-2-4-7-12/h2-9,11,16-17H,10H2,1H3. The summed E-state index contributed by atoms with van der Waals surface area (Å²) in [4.78, 5) is 0. The largest absolute Gasteiger partial charge is 0.392 e.